The molecule has 0 spiro atoms. The van der Waals surface area contributed by atoms with Gasteiger partial charge in [0, 0.05) is 48.3 Å². The summed E-state index contributed by atoms with van der Waals surface area (Å²) in [5.41, 5.74) is 5.45. The van der Waals surface area contributed by atoms with E-state index in [0.717, 1.165) is 16.6 Å². The van der Waals surface area contributed by atoms with E-state index in [1.54, 1.807) is 0 Å². The number of hydrogen-bond acceptors (Lipinski definition) is 2. The first-order valence-electron chi connectivity index (χ1n) is 12.3. The van der Waals surface area contributed by atoms with Gasteiger partial charge in [-0.05, 0) is 65.7 Å². The third kappa shape index (κ3) is 3.98. The van der Waals surface area contributed by atoms with E-state index in [9.17, 15) is 5.26 Å². The van der Waals surface area contributed by atoms with Crippen LogP contribution >= 0.6 is 11.3 Å². The molecule has 2 heterocycles. The van der Waals surface area contributed by atoms with Crippen molar-refractivity contribution in [1.82, 2.24) is 4.57 Å². The van der Waals surface area contributed by atoms with Crippen LogP contribution in [-0.2, 0) is 0 Å². The van der Waals surface area contributed by atoms with Crippen molar-refractivity contribution >= 4 is 48.0 Å². The van der Waals surface area contributed by atoms with Gasteiger partial charge < -0.3 is 4.57 Å². The molecule has 0 amide bonds. The van der Waals surface area contributed by atoms with E-state index < -0.39 is 0 Å². The normalized spacial score (nSPS) is 19.9. The summed E-state index contributed by atoms with van der Waals surface area (Å²) in [4.78, 5) is 0. The summed E-state index contributed by atoms with van der Waals surface area (Å²) >= 11 is 1.84. The summed E-state index contributed by atoms with van der Waals surface area (Å²) in [6.07, 6.45) is 13.7. The molecule has 36 heavy (non-hydrogen) atoms. The molecule has 3 heteroatoms. The zero-order chi connectivity index (χ0) is 25.1. The van der Waals surface area contributed by atoms with E-state index in [4.69, 9.17) is 0 Å². The highest BCUT2D eigenvalue weighted by Gasteiger charge is 2.19. The number of nitrogens with zero attached hydrogens (tertiary/aromatic N) is 2. The molecule has 0 radical (unpaired) electrons. The van der Waals surface area contributed by atoms with Crippen LogP contribution in [0.2, 0.25) is 0 Å². The van der Waals surface area contributed by atoms with Gasteiger partial charge in [-0.2, -0.15) is 5.26 Å². The number of nitriles is 1. The Kier molecular flexibility index (Phi) is 5.07. The van der Waals surface area contributed by atoms with Crippen LogP contribution in [0.1, 0.15) is 38.8 Å². The van der Waals surface area contributed by atoms with Gasteiger partial charge >= 0.3 is 0 Å². The van der Waals surface area contributed by atoms with Crippen molar-refractivity contribution in [3.8, 4) is 11.8 Å². The van der Waals surface area contributed by atoms with E-state index >= 15 is 0 Å². The lowest BCUT2D eigenvalue weighted by Gasteiger charge is -2.24. The van der Waals surface area contributed by atoms with Crippen LogP contribution in [0, 0.1) is 22.2 Å². The second-order valence-corrected chi connectivity index (χ2v) is 12.1. The molecular weight excluding hydrogens is 456 g/mol. The van der Waals surface area contributed by atoms with Gasteiger partial charge in [0.05, 0.1) is 17.1 Å². The number of allylic oxidation sites excluding steroid dienone is 6. The first-order chi connectivity index (χ1) is 17.2. The molecule has 176 valence electrons. The topological polar surface area (TPSA) is 28.7 Å². The fourth-order valence-electron chi connectivity index (χ4n) is 5.00. The van der Waals surface area contributed by atoms with Gasteiger partial charge in [0.25, 0.3) is 0 Å². The van der Waals surface area contributed by atoms with Crippen LogP contribution in [0.15, 0.2) is 97.2 Å². The van der Waals surface area contributed by atoms with Gasteiger partial charge in [-0.15, -0.1) is 11.3 Å². The molecule has 0 unspecified atom stereocenters. The van der Waals surface area contributed by atoms with Crippen LogP contribution in [0.3, 0.4) is 0 Å². The molecular formula is C33H28N2S. The Labute approximate surface area is 216 Å². The van der Waals surface area contributed by atoms with Crippen LogP contribution in [0.25, 0.3) is 42.3 Å². The Morgan fingerprint density at radius 2 is 1.53 bits per heavy atom. The average Bonchev–Trinajstić information content (AvgIpc) is 3.45. The van der Waals surface area contributed by atoms with Gasteiger partial charge in [-0.1, -0.05) is 64.1 Å². The summed E-state index contributed by atoms with van der Waals surface area (Å²) in [6.45, 7) is 9.04. The lowest BCUT2D eigenvalue weighted by Crippen LogP contribution is -2.11. The maximum Gasteiger partial charge on any atom is 0.0991 e. The summed E-state index contributed by atoms with van der Waals surface area (Å²) in [5, 5.41) is 12.9. The third-order valence-corrected chi connectivity index (χ3v) is 8.20. The molecule has 0 aliphatic heterocycles. The van der Waals surface area contributed by atoms with Crippen LogP contribution in [0.5, 0.6) is 0 Å². The van der Waals surface area contributed by atoms with E-state index in [0.29, 0.717) is 5.56 Å². The van der Waals surface area contributed by atoms with Gasteiger partial charge in [-0.25, -0.2) is 0 Å². The van der Waals surface area contributed by atoms with Crippen LogP contribution < -0.4 is 0 Å². The molecule has 2 nitrogen and oxygen atoms in total. The Bertz CT molecular complexity index is 1790. The van der Waals surface area contributed by atoms with Crippen molar-refractivity contribution in [3.63, 3.8) is 0 Å². The highest BCUT2D eigenvalue weighted by atomic mass is 32.1. The Hall–Kier alpha value is -3.87. The highest BCUT2D eigenvalue weighted by molar-refractivity contribution is 7.25. The number of benzene rings is 3. The molecule has 0 saturated heterocycles. The summed E-state index contributed by atoms with van der Waals surface area (Å²) in [7, 11) is 0. The molecule has 6 rings (SSSR count). The molecule has 0 bridgehead atoms. The molecule has 3 aromatic carbocycles. The van der Waals surface area contributed by atoms with E-state index in [2.05, 4.69) is 117 Å². The minimum absolute atomic E-state index is 0.0168. The Morgan fingerprint density at radius 3 is 2.33 bits per heavy atom. The van der Waals surface area contributed by atoms with Crippen molar-refractivity contribution in [1.29, 1.82) is 5.26 Å². The quantitative estimate of drug-likeness (QED) is 0.229. The minimum atomic E-state index is -0.0168. The van der Waals surface area contributed by atoms with Gasteiger partial charge in [-0.3, -0.25) is 0 Å². The monoisotopic (exact) mass is 484 g/mol. The average molecular weight is 485 g/mol. The van der Waals surface area contributed by atoms with E-state index in [-0.39, 0.29) is 10.8 Å². The third-order valence-electron chi connectivity index (χ3n) is 7.05. The molecule has 1 aliphatic rings. The van der Waals surface area contributed by atoms with Crippen molar-refractivity contribution in [2.45, 2.75) is 27.7 Å². The molecule has 1 aliphatic carbocycles. The number of fused-ring (bicyclic) bond motifs is 4. The summed E-state index contributed by atoms with van der Waals surface area (Å²) in [5.74, 6) is 0. The van der Waals surface area contributed by atoms with Crippen molar-refractivity contribution in [3.05, 3.63) is 108 Å². The minimum Gasteiger partial charge on any atom is -0.317 e. The number of rotatable bonds is 2. The lowest BCUT2D eigenvalue weighted by atomic mass is 9.81. The van der Waals surface area contributed by atoms with E-state index in [1.165, 1.54) is 31.3 Å². The number of hydrogen-bond donors (Lipinski definition) is 0. The summed E-state index contributed by atoms with van der Waals surface area (Å²) in [6, 6.07) is 23.8. The van der Waals surface area contributed by atoms with Crippen LogP contribution in [-0.4, -0.2) is 4.57 Å². The van der Waals surface area contributed by atoms with Crippen molar-refractivity contribution in [2.24, 2.45) is 10.8 Å². The Balaban J connectivity index is 1.50. The van der Waals surface area contributed by atoms with Gasteiger partial charge in [0.15, 0.2) is 0 Å². The zero-order valence-corrected chi connectivity index (χ0v) is 21.9. The molecule has 0 saturated carbocycles. The van der Waals surface area contributed by atoms with Gasteiger partial charge in [0.2, 0.25) is 0 Å². The number of aromatic nitrogens is 1. The fourth-order valence-corrected chi connectivity index (χ4v) is 6.07. The second-order valence-electron chi connectivity index (χ2n) is 11.0. The summed E-state index contributed by atoms with van der Waals surface area (Å²) < 4.78 is 4.80. The molecule has 0 atom stereocenters. The van der Waals surface area contributed by atoms with Crippen molar-refractivity contribution < 1.29 is 0 Å². The molecule has 2 aromatic heterocycles. The second kappa shape index (κ2) is 8.08. The van der Waals surface area contributed by atoms with Gasteiger partial charge in [0.1, 0.15) is 0 Å². The first-order valence-corrected chi connectivity index (χ1v) is 13.1. The zero-order valence-electron chi connectivity index (χ0n) is 21.0. The largest absolute Gasteiger partial charge is 0.317 e. The fraction of sp³-hybridized carbons (Fsp3) is 0.182. The molecule has 0 N–H and O–H groups in total. The number of thiophene rings is 1. The maximum absolute atomic E-state index is 9.25. The Morgan fingerprint density at radius 1 is 0.778 bits per heavy atom. The SMILES string of the molecule is CC1(C)/C=C\C(c2ccc3sc4ccc(-n5ccc6cc(C#N)ccc65)cc4c3c2)=C/C(C)(C)/C=C\1. The predicted octanol–water partition coefficient (Wildman–Crippen LogP) is 9.43. The lowest BCUT2D eigenvalue weighted by molar-refractivity contribution is 0.577. The molecule has 5 aromatic rings. The maximum atomic E-state index is 9.25. The standard InChI is InChI=1S/C33H28N2S/c1-32(2)13-11-25(20-33(3,4)15-14-32)23-6-9-30-27(18-23)28-19-26(7-10-31(28)36-30)35-16-12-24-17-22(21-34)5-8-29(24)35/h5-20H,1-4H3/b13-11-,15-14-,25-20+. The predicted molar refractivity (Wildman–Crippen MR) is 155 cm³/mol. The van der Waals surface area contributed by atoms with Crippen LogP contribution in [0.4, 0.5) is 0 Å². The smallest absolute Gasteiger partial charge is 0.0991 e. The highest BCUT2D eigenvalue weighted by Crippen LogP contribution is 2.39. The molecule has 0 fully saturated rings. The van der Waals surface area contributed by atoms with Crippen molar-refractivity contribution in [2.75, 3.05) is 0 Å². The van der Waals surface area contributed by atoms with E-state index in [1.807, 2.05) is 29.5 Å². The first kappa shape index (κ1) is 22.6.